The van der Waals surface area contributed by atoms with Crippen molar-refractivity contribution < 1.29 is 27.1 Å². The van der Waals surface area contributed by atoms with E-state index in [2.05, 4.69) is 9.97 Å². The molecule has 0 saturated carbocycles. The molecule has 12 heteroatoms. The molecule has 1 N–H and O–H groups in total. The molecule has 4 rings (SSSR count). The van der Waals surface area contributed by atoms with Crippen LogP contribution in [0.3, 0.4) is 0 Å². The number of phenols is 1. The van der Waals surface area contributed by atoms with Crippen molar-refractivity contribution in [1.29, 1.82) is 0 Å². The fourth-order valence-corrected chi connectivity index (χ4v) is 4.31. The average Bonchev–Trinajstić information content (AvgIpc) is 3.13. The molecule has 5 nitrogen and oxygen atoms in total. The summed E-state index contributed by atoms with van der Waals surface area (Å²) in [5.74, 6) is -7.09. The van der Waals surface area contributed by atoms with Crippen molar-refractivity contribution in [2.45, 2.75) is 10.9 Å². The Hall–Kier alpha value is -2.99. The van der Waals surface area contributed by atoms with E-state index in [1.807, 2.05) is 0 Å². The minimum atomic E-state index is -1.19. The van der Waals surface area contributed by atoms with Crippen LogP contribution in [-0.4, -0.2) is 19.6 Å². The van der Waals surface area contributed by atoms with E-state index in [-0.39, 0.29) is 15.5 Å². The van der Waals surface area contributed by atoms with Crippen molar-refractivity contribution >= 4 is 33.4 Å². The Morgan fingerprint density at radius 2 is 1.70 bits per heavy atom. The third-order valence-electron chi connectivity index (χ3n) is 4.05. The lowest BCUT2D eigenvalue weighted by Crippen LogP contribution is -2.22. The van der Waals surface area contributed by atoms with Crippen LogP contribution in [0, 0.1) is 29.1 Å². The van der Waals surface area contributed by atoms with Gasteiger partial charge in [-0.25, -0.2) is 31.9 Å². The van der Waals surface area contributed by atoms with Crippen molar-refractivity contribution in [3.05, 3.63) is 74.8 Å². The highest BCUT2D eigenvalue weighted by Crippen LogP contribution is 2.30. The van der Waals surface area contributed by atoms with E-state index in [4.69, 9.17) is 0 Å². The molecule has 0 bridgehead atoms. The first-order valence-electron chi connectivity index (χ1n) is 8.07. The number of thiazole rings is 1. The first kappa shape index (κ1) is 20.3. The lowest BCUT2D eigenvalue weighted by molar-refractivity contribution is 0.425. The number of hydrogen-bond donors (Lipinski definition) is 1. The van der Waals surface area contributed by atoms with E-state index in [9.17, 15) is 31.9 Å². The minimum absolute atomic E-state index is 0.0171. The van der Waals surface area contributed by atoms with Crippen molar-refractivity contribution in [1.82, 2.24) is 14.5 Å². The molecule has 2 aromatic heterocycles. The van der Waals surface area contributed by atoms with E-state index in [0.717, 1.165) is 15.9 Å². The predicted octanol–water partition coefficient (Wildman–Crippen LogP) is 4.54. The maximum absolute atomic E-state index is 14.4. The second-order valence-corrected chi connectivity index (χ2v) is 7.73. The zero-order valence-electron chi connectivity index (χ0n) is 14.5. The number of hydrogen-bond acceptors (Lipinski definition) is 6. The van der Waals surface area contributed by atoms with Crippen molar-refractivity contribution in [3.63, 3.8) is 0 Å². The molecule has 0 saturated heterocycles. The van der Waals surface area contributed by atoms with Gasteiger partial charge >= 0.3 is 0 Å². The fourth-order valence-electron chi connectivity index (χ4n) is 2.65. The molecule has 154 valence electrons. The molecule has 0 atom stereocenters. The molecule has 0 aliphatic heterocycles. The Morgan fingerprint density at radius 1 is 1.00 bits per heavy atom. The molecule has 30 heavy (non-hydrogen) atoms. The largest absolute Gasteiger partial charge is 0.505 e. The highest BCUT2D eigenvalue weighted by Gasteiger charge is 2.21. The lowest BCUT2D eigenvalue weighted by atomic mass is 10.2. The SMILES string of the molecule is O=c1c2scnc2nc(SCc2c(F)cc(F)cc2F)n1-c1cc(F)c(O)cc1F. The monoisotopic (exact) mass is 457 g/mol. The molecule has 2 aromatic carbocycles. The van der Waals surface area contributed by atoms with Gasteiger partial charge in [0.15, 0.2) is 28.2 Å². The number of nitrogens with zero attached hydrogens (tertiary/aromatic N) is 3. The van der Waals surface area contributed by atoms with Crippen LogP contribution in [0.4, 0.5) is 22.0 Å². The maximum atomic E-state index is 14.4. The van der Waals surface area contributed by atoms with E-state index in [1.54, 1.807) is 0 Å². The van der Waals surface area contributed by atoms with Crippen molar-refractivity contribution in [2.24, 2.45) is 0 Å². The average molecular weight is 457 g/mol. The van der Waals surface area contributed by atoms with E-state index in [1.165, 1.54) is 5.51 Å². The number of rotatable bonds is 4. The summed E-state index contributed by atoms with van der Waals surface area (Å²) >= 11 is 1.56. The van der Waals surface area contributed by atoms with Crippen LogP contribution in [0.2, 0.25) is 0 Å². The Morgan fingerprint density at radius 3 is 2.40 bits per heavy atom. The van der Waals surface area contributed by atoms with Crippen LogP contribution >= 0.6 is 23.1 Å². The van der Waals surface area contributed by atoms with Crippen LogP contribution in [0.25, 0.3) is 16.0 Å². The number of thioether (sulfide) groups is 1. The third-order valence-corrected chi connectivity index (χ3v) is 5.82. The highest BCUT2D eigenvalue weighted by atomic mass is 32.2. The van der Waals surface area contributed by atoms with Gasteiger partial charge in [-0.05, 0) is 0 Å². The van der Waals surface area contributed by atoms with Gasteiger partial charge in [0.05, 0.1) is 11.2 Å². The summed E-state index contributed by atoms with van der Waals surface area (Å²) in [6, 6.07) is 2.09. The van der Waals surface area contributed by atoms with Gasteiger partial charge < -0.3 is 5.11 Å². The number of benzene rings is 2. The molecule has 0 amide bonds. The standard InChI is InChI=1S/C18H8F5N3O2S2/c19-7-1-9(20)8(10(21)2-7)5-29-18-25-16-15(30-6-24-16)17(28)26(18)13-3-12(23)14(27)4-11(13)22/h1-4,6,27H,5H2. The number of aromatic hydroxyl groups is 1. The highest BCUT2D eigenvalue weighted by molar-refractivity contribution is 7.98. The molecule has 0 aliphatic rings. The van der Waals surface area contributed by atoms with Crippen LogP contribution < -0.4 is 5.56 Å². The summed E-state index contributed by atoms with van der Waals surface area (Å²) in [6.45, 7) is 0. The Bertz CT molecular complexity index is 1330. The molecule has 4 aromatic rings. The second-order valence-electron chi connectivity index (χ2n) is 5.93. The third kappa shape index (κ3) is 3.52. The van der Waals surface area contributed by atoms with Gasteiger partial charge in [-0.15, -0.1) is 11.3 Å². The van der Waals surface area contributed by atoms with Crippen molar-refractivity contribution in [3.8, 4) is 11.4 Å². The number of halogens is 5. The van der Waals surface area contributed by atoms with Gasteiger partial charge in [-0.2, -0.15) is 0 Å². The summed E-state index contributed by atoms with van der Waals surface area (Å²) in [7, 11) is 0. The molecular formula is C18H8F5N3O2S2. The van der Waals surface area contributed by atoms with Crippen molar-refractivity contribution in [2.75, 3.05) is 0 Å². The van der Waals surface area contributed by atoms with Gasteiger partial charge in [-0.1, -0.05) is 11.8 Å². The lowest BCUT2D eigenvalue weighted by Gasteiger charge is -2.13. The first-order chi connectivity index (χ1) is 14.3. The van der Waals surface area contributed by atoms with Gasteiger partial charge in [-0.3, -0.25) is 9.36 Å². The Kier molecular flexibility index (Phi) is 5.20. The summed E-state index contributed by atoms with van der Waals surface area (Å²) in [6.07, 6.45) is 0. The van der Waals surface area contributed by atoms with Gasteiger partial charge in [0, 0.05) is 35.6 Å². The summed E-state index contributed by atoms with van der Waals surface area (Å²) in [5.41, 5.74) is -0.485. The second kappa shape index (κ2) is 7.69. The Balaban J connectivity index is 1.87. The molecular weight excluding hydrogens is 449 g/mol. The molecule has 0 fully saturated rings. The van der Waals surface area contributed by atoms with Gasteiger partial charge in [0.2, 0.25) is 0 Å². The summed E-state index contributed by atoms with van der Waals surface area (Å²) in [5, 5.41) is 9.11. The van der Waals surface area contributed by atoms with E-state index >= 15 is 0 Å². The van der Waals surface area contributed by atoms with Crippen LogP contribution in [0.15, 0.2) is 39.7 Å². The predicted molar refractivity (Wildman–Crippen MR) is 100 cm³/mol. The van der Waals surface area contributed by atoms with E-state index < -0.39 is 57.4 Å². The Labute approximate surface area is 172 Å². The maximum Gasteiger partial charge on any atom is 0.278 e. The van der Waals surface area contributed by atoms with E-state index in [0.29, 0.717) is 36.0 Å². The minimum Gasteiger partial charge on any atom is -0.505 e. The molecule has 2 heterocycles. The quantitative estimate of drug-likeness (QED) is 0.277. The topological polar surface area (TPSA) is 68.0 Å². The fraction of sp³-hybridized carbons (Fsp3) is 0.0556. The number of aromatic nitrogens is 3. The normalized spacial score (nSPS) is 11.4. The molecule has 0 radical (unpaired) electrons. The zero-order chi connectivity index (χ0) is 21.6. The van der Waals surface area contributed by atoms with Crippen LogP contribution in [0.1, 0.15) is 5.56 Å². The first-order valence-corrected chi connectivity index (χ1v) is 9.93. The molecule has 0 unspecified atom stereocenters. The zero-order valence-corrected chi connectivity index (χ0v) is 16.1. The van der Waals surface area contributed by atoms with Crippen LogP contribution in [0.5, 0.6) is 5.75 Å². The molecule has 0 aliphatic carbocycles. The van der Waals surface area contributed by atoms with Gasteiger partial charge in [0.25, 0.3) is 5.56 Å². The summed E-state index contributed by atoms with van der Waals surface area (Å²) in [4.78, 5) is 20.9. The number of phenolic OH excluding ortho intramolecular Hbond substituents is 1. The summed E-state index contributed by atoms with van der Waals surface area (Å²) < 4.78 is 70.1. The van der Waals surface area contributed by atoms with Gasteiger partial charge in [0.1, 0.15) is 22.2 Å². The molecule has 0 spiro atoms. The number of fused-ring (bicyclic) bond motifs is 1. The smallest absolute Gasteiger partial charge is 0.278 e. The van der Waals surface area contributed by atoms with Crippen LogP contribution in [-0.2, 0) is 5.75 Å².